The van der Waals surface area contributed by atoms with Gasteiger partial charge in [-0.2, -0.15) is 9.29 Å². The molecule has 176 valence electrons. The van der Waals surface area contributed by atoms with Crippen molar-refractivity contribution in [2.24, 2.45) is 5.92 Å². The van der Waals surface area contributed by atoms with Gasteiger partial charge in [-0.05, 0) is 38.3 Å². The Bertz CT molecular complexity index is 1220. The number of benzene rings is 1. The maximum Gasteiger partial charge on any atom is 0.244 e. The van der Waals surface area contributed by atoms with Crippen LogP contribution in [0.25, 0.3) is 10.7 Å². The van der Waals surface area contributed by atoms with Crippen LogP contribution in [-0.2, 0) is 27.8 Å². The summed E-state index contributed by atoms with van der Waals surface area (Å²) in [6.07, 6.45) is 1.62. The van der Waals surface area contributed by atoms with Crippen LogP contribution in [-0.4, -0.2) is 41.9 Å². The van der Waals surface area contributed by atoms with E-state index >= 15 is 0 Å². The van der Waals surface area contributed by atoms with E-state index in [-0.39, 0.29) is 16.7 Å². The van der Waals surface area contributed by atoms with Crippen molar-refractivity contribution in [2.45, 2.75) is 51.5 Å². The second kappa shape index (κ2) is 9.74. The molecule has 4 rings (SSSR count). The molecule has 1 N–H and O–H groups in total. The summed E-state index contributed by atoms with van der Waals surface area (Å²) >= 11 is 1.34. The second-order valence-electron chi connectivity index (χ2n) is 8.28. The number of hydrogen-bond acceptors (Lipinski definition) is 7. The summed E-state index contributed by atoms with van der Waals surface area (Å²) in [5.41, 5.74) is 2.22. The standard InChI is InChI=1S/C23H28N4O4S2/c1-4-21-25-22(26-31-21)19-13-20(16(3)32-19)33(29,30)27-11-9-18(10-12-27)23(28)24-14-17-7-5-15(2)6-8-17/h5-8,13,18H,4,9-12,14H2,1-3H3,(H,24,28). The maximum absolute atomic E-state index is 13.3. The van der Waals surface area contributed by atoms with Crippen LogP contribution in [0.15, 0.2) is 39.8 Å². The van der Waals surface area contributed by atoms with Crippen molar-refractivity contribution in [3.05, 3.63) is 52.2 Å². The lowest BCUT2D eigenvalue weighted by molar-refractivity contribution is -0.126. The Morgan fingerprint density at radius 1 is 1.21 bits per heavy atom. The quantitative estimate of drug-likeness (QED) is 0.544. The van der Waals surface area contributed by atoms with Crippen molar-refractivity contribution in [3.8, 4) is 10.7 Å². The molecule has 0 bridgehead atoms. The fourth-order valence-corrected chi connectivity index (χ4v) is 6.82. The van der Waals surface area contributed by atoms with E-state index in [1.165, 1.54) is 21.2 Å². The molecule has 0 unspecified atom stereocenters. The lowest BCUT2D eigenvalue weighted by atomic mass is 9.97. The number of piperidine rings is 1. The molecule has 2 aromatic heterocycles. The summed E-state index contributed by atoms with van der Waals surface area (Å²) in [4.78, 5) is 18.5. The molecular formula is C23H28N4O4S2. The number of thiophene rings is 1. The van der Waals surface area contributed by atoms with Crippen LogP contribution in [0, 0.1) is 19.8 Å². The number of aryl methyl sites for hydroxylation is 3. The van der Waals surface area contributed by atoms with Crippen molar-refractivity contribution in [1.82, 2.24) is 19.8 Å². The molecule has 1 fully saturated rings. The van der Waals surface area contributed by atoms with Crippen LogP contribution < -0.4 is 5.32 Å². The monoisotopic (exact) mass is 488 g/mol. The lowest BCUT2D eigenvalue weighted by Crippen LogP contribution is -2.42. The van der Waals surface area contributed by atoms with Crippen molar-refractivity contribution in [2.75, 3.05) is 13.1 Å². The van der Waals surface area contributed by atoms with Gasteiger partial charge >= 0.3 is 0 Å². The fourth-order valence-electron chi connectivity index (χ4n) is 3.87. The first-order chi connectivity index (χ1) is 15.8. The number of hydrogen-bond donors (Lipinski definition) is 1. The van der Waals surface area contributed by atoms with Crippen LogP contribution in [0.1, 0.15) is 41.7 Å². The first kappa shape index (κ1) is 23.6. The number of sulfonamides is 1. The Kier molecular flexibility index (Phi) is 6.96. The summed E-state index contributed by atoms with van der Waals surface area (Å²) in [5, 5.41) is 6.93. The van der Waals surface area contributed by atoms with Gasteiger partial charge in [0.25, 0.3) is 0 Å². The molecular weight excluding hydrogens is 460 g/mol. The number of carbonyl (C=O) groups excluding carboxylic acids is 1. The predicted octanol–water partition coefficient (Wildman–Crippen LogP) is 3.69. The van der Waals surface area contributed by atoms with E-state index in [0.717, 1.165) is 5.56 Å². The third-order valence-corrected chi connectivity index (χ3v) is 9.09. The fraction of sp³-hybridized carbons (Fsp3) is 0.435. The highest BCUT2D eigenvalue weighted by Gasteiger charge is 2.34. The van der Waals surface area contributed by atoms with Gasteiger partial charge in [0.2, 0.25) is 27.6 Å². The van der Waals surface area contributed by atoms with Crippen LogP contribution in [0.5, 0.6) is 0 Å². The van der Waals surface area contributed by atoms with E-state index in [1.807, 2.05) is 38.1 Å². The maximum atomic E-state index is 13.3. The Labute approximate surface area is 198 Å². The Hall–Kier alpha value is -2.56. The van der Waals surface area contributed by atoms with Gasteiger partial charge < -0.3 is 9.84 Å². The predicted molar refractivity (Wildman–Crippen MR) is 126 cm³/mol. The zero-order valence-corrected chi connectivity index (χ0v) is 20.6. The molecule has 8 nitrogen and oxygen atoms in total. The summed E-state index contributed by atoms with van der Waals surface area (Å²) in [6, 6.07) is 9.66. The molecule has 0 aliphatic carbocycles. The summed E-state index contributed by atoms with van der Waals surface area (Å²) in [5.74, 6) is 0.715. The number of amides is 1. The summed E-state index contributed by atoms with van der Waals surface area (Å²) in [6.45, 7) is 6.84. The number of rotatable bonds is 7. The topological polar surface area (TPSA) is 105 Å². The smallest absolute Gasteiger partial charge is 0.244 e. The average molecular weight is 489 g/mol. The highest BCUT2D eigenvalue weighted by Crippen LogP contribution is 2.35. The van der Waals surface area contributed by atoms with Crippen molar-refractivity contribution in [1.29, 1.82) is 0 Å². The molecule has 1 aliphatic heterocycles. The van der Waals surface area contributed by atoms with E-state index in [0.29, 0.717) is 60.4 Å². The molecule has 1 aliphatic rings. The van der Waals surface area contributed by atoms with E-state index in [2.05, 4.69) is 15.5 Å². The SMILES string of the molecule is CCc1nc(-c2cc(S(=O)(=O)N3CCC(C(=O)NCc4ccc(C)cc4)CC3)c(C)s2)no1. The Morgan fingerprint density at radius 2 is 1.91 bits per heavy atom. The molecule has 1 aromatic carbocycles. The van der Waals surface area contributed by atoms with Gasteiger partial charge in [-0.15, -0.1) is 11.3 Å². The molecule has 1 amide bonds. The average Bonchev–Trinajstić information content (AvgIpc) is 3.45. The zero-order chi connectivity index (χ0) is 23.6. The molecule has 3 heterocycles. The number of nitrogens with one attached hydrogen (secondary N) is 1. The Balaban J connectivity index is 1.37. The number of nitrogens with zero attached hydrogens (tertiary/aromatic N) is 3. The summed E-state index contributed by atoms with van der Waals surface area (Å²) < 4.78 is 33.2. The molecule has 3 aromatic rings. The second-order valence-corrected chi connectivity index (χ2v) is 11.4. The Morgan fingerprint density at radius 3 is 2.55 bits per heavy atom. The minimum atomic E-state index is -3.66. The number of aromatic nitrogens is 2. The third kappa shape index (κ3) is 5.18. The van der Waals surface area contributed by atoms with Crippen LogP contribution in [0.4, 0.5) is 0 Å². The van der Waals surface area contributed by atoms with Crippen LogP contribution in [0.3, 0.4) is 0 Å². The van der Waals surface area contributed by atoms with E-state index in [1.54, 1.807) is 13.0 Å². The first-order valence-corrected chi connectivity index (χ1v) is 13.3. The minimum absolute atomic E-state index is 0.0227. The molecule has 0 atom stereocenters. The van der Waals surface area contributed by atoms with Gasteiger partial charge in [0.05, 0.1) is 9.77 Å². The first-order valence-electron chi connectivity index (χ1n) is 11.0. The van der Waals surface area contributed by atoms with Gasteiger partial charge in [-0.3, -0.25) is 4.79 Å². The number of carbonyl (C=O) groups is 1. The lowest BCUT2D eigenvalue weighted by Gasteiger charge is -2.30. The normalized spacial score (nSPS) is 15.6. The van der Waals surface area contributed by atoms with Gasteiger partial charge in [0.1, 0.15) is 0 Å². The third-order valence-electron chi connectivity index (χ3n) is 5.89. The highest BCUT2D eigenvalue weighted by molar-refractivity contribution is 7.89. The minimum Gasteiger partial charge on any atom is -0.352 e. The summed E-state index contributed by atoms with van der Waals surface area (Å²) in [7, 11) is -3.66. The van der Waals surface area contributed by atoms with Crippen molar-refractivity contribution in [3.63, 3.8) is 0 Å². The van der Waals surface area contributed by atoms with E-state index in [9.17, 15) is 13.2 Å². The largest absolute Gasteiger partial charge is 0.352 e. The van der Waals surface area contributed by atoms with Gasteiger partial charge in [0.15, 0.2) is 0 Å². The molecule has 10 heteroatoms. The zero-order valence-electron chi connectivity index (χ0n) is 19.0. The highest BCUT2D eigenvalue weighted by atomic mass is 32.2. The van der Waals surface area contributed by atoms with Gasteiger partial charge in [-0.1, -0.05) is 41.9 Å². The molecule has 0 saturated carbocycles. The molecule has 0 radical (unpaired) electrons. The van der Waals surface area contributed by atoms with E-state index in [4.69, 9.17) is 4.52 Å². The van der Waals surface area contributed by atoms with E-state index < -0.39 is 10.0 Å². The van der Waals surface area contributed by atoms with Gasteiger partial charge in [0, 0.05) is 36.9 Å². The molecule has 0 spiro atoms. The van der Waals surface area contributed by atoms with Crippen molar-refractivity contribution < 1.29 is 17.7 Å². The van der Waals surface area contributed by atoms with Crippen molar-refractivity contribution >= 4 is 27.3 Å². The molecule has 1 saturated heterocycles. The van der Waals surface area contributed by atoms with Gasteiger partial charge in [-0.25, -0.2) is 8.42 Å². The van der Waals surface area contributed by atoms with Crippen LogP contribution >= 0.6 is 11.3 Å². The van der Waals surface area contributed by atoms with Crippen LogP contribution in [0.2, 0.25) is 0 Å². The molecule has 33 heavy (non-hydrogen) atoms.